The average Bonchev–Trinajstić information content (AvgIpc) is 2.17. The van der Waals surface area contributed by atoms with Crippen LogP contribution in [0.15, 0.2) is 0 Å². The van der Waals surface area contributed by atoms with E-state index in [-0.39, 0.29) is 18.2 Å². The molecule has 4 heteroatoms. The molecule has 1 amide bonds. The third-order valence-electron chi connectivity index (χ3n) is 1.78. The fraction of sp³-hybridized carbons (Fsp3) is 0.900. The molecule has 0 unspecified atom stereocenters. The molecular formula is C10H21NO3. The summed E-state index contributed by atoms with van der Waals surface area (Å²) in [6.07, 6.45) is 0.135. The molecule has 0 radical (unpaired) electrons. The van der Waals surface area contributed by atoms with E-state index in [1.165, 1.54) is 0 Å². The van der Waals surface area contributed by atoms with E-state index in [9.17, 15) is 4.79 Å². The van der Waals surface area contributed by atoms with Crippen molar-refractivity contribution in [1.82, 2.24) is 5.32 Å². The number of hydrogen-bond donors (Lipinski definition) is 1. The molecule has 0 spiro atoms. The lowest BCUT2D eigenvalue weighted by molar-refractivity contribution is -0.155. The highest BCUT2D eigenvalue weighted by Crippen LogP contribution is 2.01. The maximum Gasteiger partial charge on any atom is 0.220 e. The summed E-state index contributed by atoms with van der Waals surface area (Å²) in [4.78, 5) is 11.1. The van der Waals surface area contributed by atoms with Crippen LogP contribution < -0.4 is 5.32 Å². The normalized spacial score (nSPS) is 12.9. The molecule has 0 bridgehead atoms. The van der Waals surface area contributed by atoms with Gasteiger partial charge in [-0.1, -0.05) is 6.92 Å². The van der Waals surface area contributed by atoms with Gasteiger partial charge in [-0.3, -0.25) is 4.79 Å². The summed E-state index contributed by atoms with van der Waals surface area (Å²) in [5.41, 5.74) is 0. The molecule has 0 heterocycles. The van der Waals surface area contributed by atoms with Crippen molar-refractivity contribution in [2.75, 3.05) is 13.2 Å². The number of amides is 1. The van der Waals surface area contributed by atoms with Gasteiger partial charge in [-0.25, -0.2) is 0 Å². The number of nitrogens with one attached hydrogen (secondary N) is 1. The first kappa shape index (κ1) is 13.4. The minimum atomic E-state index is -0.347. The van der Waals surface area contributed by atoms with Gasteiger partial charge in [0.25, 0.3) is 0 Å². The second-order valence-corrected chi connectivity index (χ2v) is 2.99. The van der Waals surface area contributed by atoms with Gasteiger partial charge in [0.15, 0.2) is 6.29 Å². The first-order chi connectivity index (χ1) is 6.65. The quantitative estimate of drug-likeness (QED) is 0.634. The van der Waals surface area contributed by atoms with Crippen molar-refractivity contribution >= 4 is 5.91 Å². The van der Waals surface area contributed by atoms with E-state index in [4.69, 9.17) is 9.47 Å². The lowest BCUT2D eigenvalue weighted by atomic mass is 10.3. The third kappa shape index (κ3) is 5.19. The zero-order chi connectivity index (χ0) is 11.0. The van der Waals surface area contributed by atoms with Crippen LogP contribution in [0.1, 0.15) is 34.1 Å². The molecule has 0 aromatic carbocycles. The summed E-state index contributed by atoms with van der Waals surface area (Å²) >= 11 is 0. The van der Waals surface area contributed by atoms with Crippen LogP contribution in [0.25, 0.3) is 0 Å². The molecule has 0 aromatic heterocycles. The van der Waals surface area contributed by atoms with E-state index in [1.54, 1.807) is 0 Å². The Labute approximate surface area is 86.0 Å². The highest BCUT2D eigenvalue weighted by Gasteiger charge is 2.18. The Balaban J connectivity index is 3.99. The first-order valence-corrected chi connectivity index (χ1v) is 5.18. The lowest BCUT2D eigenvalue weighted by Crippen LogP contribution is -2.43. The Hall–Kier alpha value is -0.610. The van der Waals surface area contributed by atoms with Gasteiger partial charge in [-0.05, 0) is 20.8 Å². The molecule has 0 aliphatic heterocycles. The van der Waals surface area contributed by atoms with Gasteiger partial charge < -0.3 is 14.8 Å². The molecule has 0 fully saturated rings. The fourth-order valence-electron chi connectivity index (χ4n) is 1.09. The van der Waals surface area contributed by atoms with Gasteiger partial charge in [0, 0.05) is 19.6 Å². The van der Waals surface area contributed by atoms with Crippen molar-refractivity contribution in [3.05, 3.63) is 0 Å². The van der Waals surface area contributed by atoms with Gasteiger partial charge >= 0.3 is 0 Å². The SMILES string of the molecule is CCOC(OCC)[C@H](C)NC(=O)CC. The second-order valence-electron chi connectivity index (χ2n) is 2.99. The molecular weight excluding hydrogens is 182 g/mol. The zero-order valence-electron chi connectivity index (χ0n) is 9.50. The first-order valence-electron chi connectivity index (χ1n) is 5.18. The van der Waals surface area contributed by atoms with E-state index < -0.39 is 0 Å². The van der Waals surface area contributed by atoms with Crippen LogP contribution in [0.3, 0.4) is 0 Å². The third-order valence-corrected chi connectivity index (χ3v) is 1.78. The molecule has 0 saturated heterocycles. The number of hydrogen-bond acceptors (Lipinski definition) is 3. The van der Waals surface area contributed by atoms with Crippen LogP contribution in [0.4, 0.5) is 0 Å². The Bertz CT molecular complexity index is 155. The molecule has 84 valence electrons. The van der Waals surface area contributed by atoms with Crippen LogP contribution in [0, 0.1) is 0 Å². The van der Waals surface area contributed by atoms with Crippen LogP contribution in [-0.4, -0.2) is 31.5 Å². The molecule has 1 atom stereocenters. The Morgan fingerprint density at radius 3 is 2.07 bits per heavy atom. The van der Waals surface area contributed by atoms with Gasteiger partial charge in [0.2, 0.25) is 5.91 Å². The monoisotopic (exact) mass is 203 g/mol. The number of carbonyl (C=O) groups excluding carboxylic acids is 1. The molecule has 4 nitrogen and oxygen atoms in total. The molecule has 0 aromatic rings. The minimum Gasteiger partial charge on any atom is -0.351 e. The Morgan fingerprint density at radius 1 is 1.21 bits per heavy atom. The molecule has 14 heavy (non-hydrogen) atoms. The summed E-state index contributed by atoms with van der Waals surface area (Å²) in [5.74, 6) is 0.0157. The van der Waals surface area contributed by atoms with Crippen molar-refractivity contribution in [3.63, 3.8) is 0 Å². The van der Waals surface area contributed by atoms with E-state index in [0.29, 0.717) is 19.6 Å². The Morgan fingerprint density at radius 2 is 1.71 bits per heavy atom. The maximum absolute atomic E-state index is 11.1. The van der Waals surface area contributed by atoms with E-state index >= 15 is 0 Å². The zero-order valence-corrected chi connectivity index (χ0v) is 9.50. The molecule has 0 rings (SSSR count). The van der Waals surface area contributed by atoms with Gasteiger partial charge in [-0.2, -0.15) is 0 Å². The van der Waals surface area contributed by atoms with Crippen LogP contribution >= 0.6 is 0 Å². The second kappa shape index (κ2) is 7.76. The van der Waals surface area contributed by atoms with Crippen molar-refractivity contribution in [2.24, 2.45) is 0 Å². The summed E-state index contributed by atoms with van der Waals surface area (Å²) in [6.45, 7) is 8.66. The molecule has 1 N–H and O–H groups in total. The van der Waals surface area contributed by atoms with E-state index in [0.717, 1.165) is 0 Å². The van der Waals surface area contributed by atoms with Crippen molar-refractivity contribution < 1.29 is 14.3 Å². The largest absolute Gasteiger partial charge is 0.351 e. The predicted octanol–water partition coefficient (Wildman–Crippen LogP) is 1.30. The average molecular weight is 203 g/mol. The van der Waals surface area contributed by atoms with E-state index in [1.807, 2.05) is 27.7 Å². The lowest BCUT2D eigenvalue weighted by Gasteiger charge is -2.24. The van der Waals surface area contributed by atoms with Crippen molar-refractivity contribution in [1.29, 1.82) is 0 Å². The fourth-order valence-corrected chi connectivity index (χ4v) is 1.09. The maximum atomic E-state index is 11.1. The standard InChI is InChI=1S/C10H21NO3/c1-5-9(12)11-8(4)10(13-6-2)14-7-3/h8,10H,5-7H2,1-4H3,(H,11,12)/t8-/m0/s1. The van der Waals surface area contributed by atoms with Crippen molar-refractivity contribution in [2.45, 2.75) is 46.4 Å². The number of rotatable bonds is 7. The summed E-state index contributed by atoms with van der Waals surface area (Å²) in [6, 6.07) is -0.109. The minimum absolute atomic E-state index is 0.0157. The van der Waals surface area contributed by atoms with Gasteiger partial charge in [-0.15, -0.1) is 0 Å². The molecule has 0 aliphatic carbocycles. The summed E-state index contributed by atoms with van der Waals surface area (Å²) in [5, 5.41) is 2.81. The van der Waals surface area contributed by atoms with E-state index in [2.05, 4.69) is 5.32 Å². The summed E-state index contributed by atoms with van der Waals surface area (Å²) in [7, 11) is 0. The number of ether oxygens (including phenoxy) is 2. The van der Waals surface area contributed by atoms with Crippen molar-refractivity contribution in [3.8, 4) is 0 Å². The van der Waals surface area contributed by atoms with Gasteiger partial charge in [0.05, 0.1) is 6.04 Å². The predicted molar refractivity (Wildman–Crippen MR) is 54.9 cm³/mol. The summed E-state index contributed by atoms with van der Waals surface area (Å²) < 4.78 is 10.7. The number of carbonyl (C=O) groups is 1. The smallest absolute Gasteiger partial charge is 0.220 e. The van der Waals surface area contributed by atoms with Crippen LogP contribution in [0.5, 0.6) is 0 Å². The molecule has 0 saturated carbocycles. The Kier molecular flexibility index (Phi) is 7.42. The van der Waals surface area contributed by atoms with Gasteiger partial charge in [0.1, 0.15) is 0 Å². The molecule has 0 aliphatic rings. The topological polar surface area (TPSA) is 47.6 Å². The highest BCUT2D eigenvalue weighted by molar-refractivity contribution is 5.75. The highest BCUT2D eigenvalue weighted by atomic mass is 16.7. The van der Waals surface area contributed by atoms with Crippen LogP contribution in [-0.2, 0) is 14.3 Å². The van der Waals surface area contributed by atoms with Crippen LogP contribution in [0.2, 0.25) is 0 Å².